The van der Waals surface area contributed by atoms with E-state index in [4.69, 9.17) is 0 Å². The number of nitrogens with zero attached hydrogens (tertiary/aromatic N) is 3. The zero-order valence-electron chi connectivity index (χ0n) is 23.5. The maximum absolute atomic E-state index is 14.1. The first kappa shape index (κ1) is 27.6. The first-order valence-corrected chi connectivity index (χ1v) is 14.5. The second kappa shape index (κ2) is 11.3. The van der Waals surface area contributed by atoms with Gasteiger partial charge >= 0.3 is 0 Å². The van der Waals surface area contributed by atoms with Gasteiger partial charge < -0.3 is 19.8 Å². The van der Waals surface area contributed by atoms with Gasteiger partial charge in [0.2, 0.25) is 0 Å². The third-order valence-electron chi connectivity index (χ3n) is 8.42. The van der Waals surface area contributed by atoms with E-state index in [1.165, 1.54) is 50.5 Å². The van der Waals surface area contributed by atoms with Crippen LogP contribution in [0.5, 0.6) is 0 Å². The fourth-order valence-corrected chi connectivity index (χ4v) is 6.95. The largest absolute Gasteiger partial charge is 0.347 e. The molecule has 2 aliphatic heterocycles. The third kappa shape index (κ3) is 4.83. The Morgan fingerprint density at radius 3 is 2.21 bits per heavy atom. The average molecular weight is 590 g/mol. The topological polar surface area (TPSA) is 39.1 Å². The number of nitrogens with two attached hydrogens (primary N) is 1. The first-order valence-electron chi connectivity index (χ1n) is 13.7. The maximum atomic E-state index is 14.1. The van der Waals surface area contributed by atoms with Crippen LogP contribution in [0.2, 0.25) is 0 Å². The van der Waals surface area contributed by atoms with Gasteiger partial charge in [-0.15, -0.1) is 0 Å². The molecule has 0 spiro atoms. The highest BCUT2D eigenvalue weighted by atomic mass is 79.9. The summed E-state index contributed by atoms with van der Waals surface area (Å²) < 4.78 is 20.0. The Hall–Kier alpha value is -2.93. The van der Waals surface area contributed by atoms with Crippen molar-refractivity contribution in [1.82, 2.24) is 14.0 Å². The minimum atomic E-state index is -0.149. The van der Waals surface area contributed by atoms with E-state index in [0.29, 0.717) is 23.4 Å². The van der Waals surface area contributed by atoms with Crippen LogP contribution in [0.3, 0.4) is 0 Å². The van der Waals surface area contributed by atoms with Gasteiger partial charge in [0.25, 0.3) is 0 Å². The van der Waals surface area contributed by atoms with Crippen molar-refractivity contribution in [3.05, 3.63) is 94.5 Å². The fraction of sp³-hybridized carbons (Fsp3) is 0.333. The van der Waals surface area contributed by atoms with Crippen LogP contribution in [0.15, 0.2) is 77.5 Å². The SMILES string of the molecule is CC1CCn2cc(-c3ccccc3F)c3cccc1c32.CC1c2cccc3c(Br)cn(c23)CC1N(C)C.CN. The number of likely N-dealkylation sites (N-methyl/N-ethyl adjacent to an activating group) is 1. The summed E-state index contributed by atoms with van der Waals surface area (Å²) in [5.74, 6) is 1.02. The van der Waals surface area contributed by atoms with Crippen LogP contribution in [-0.2, 0) is 13.1 Å². The molecule has 0 fully saturated rings. The molecule has 4 heterocycles. The fourth-order valence-electron chi connectivity index (χ4n) is 6.38. The van der Waals surface area contributed by atoms with Crippen LogP contribution >= 0.6 is 15.9 Å². The van der Waals surface area contributed by atoms with Gasteiger partial charge in [0, 0.05) is 63.8 Å². The molecule has 3 aromatic carbocycles. The van der Waals surface area contributed by atoms with Crippen molar-refractivity contribution in [2.24, 2.45) is 5.73 Å². The highest BCUT2D eigenvalue weighted by Gasteiger charge is 2.29. The summed E-state index contributed by atoms with van der Waals surface area (Å²) in [5, 5.41) is 2.51. The Bertz CT molecular complexity index is 1620. The number of aromatic nitrogens is 2. The lowest BCUT2D eigenvalue weighted by molar-refractivity contribution is 0.228. The number of halogens is 2. The van der Waals surface area contributed by atoms with E-state index in [0.717, 1.165) is 25.1 Å². The lowest BCUT2D eigenvalue weighted by atomic mass is 9.88. The summed E-state index contributed by atoms with van der Waals surface area (Å²) in [6.07, 6.45) is 5.48. The van der Waals surface area contributed by atoms with Crippen molar-refractivity contribution in [2.75, 3.05) is 21.1 Å². The van der Waals surface area contributed by atoms with Crippen LogP contribution < -0.4 is 5.73 Å². The van der Waals surface area contributed by atoms with Gasteiger partial charge in [0.1, 0.15) is 5.82 Å². The molecular weight excluding hydrogens is 551 g/mol. The number of rotatable bonds is 2. The summed E-state index contributed by atoms with van der Waals surface area (Å²) in [5.41, 5.74) is 11.8. The summed E-state index contributed by atoms with van der Waals surface area (Å²) in [4.78, 5) is 2.33. The third-order valence-corrected chi connectivity index (χ3v) is 9.06. The van der Waals surface area contributed by atoms with Crippen LogP contribution in [0.25, 0.3) is 32.9 Å². The summed E-state index contributed by atoms with van der Waals surface area (Å²) >= 11 is 3.66. The predicted octanol–water partition coefficient (Wildman–Crippen LogP) is 7.98. The van der Waals surface area contributed by atoms with Crippen LogP contribution in [0.1, 0.15) is 43.2 Å². The van der Waals surface area contributed by atoms with E-state index in [-0.39, 0.29) is 5.82 Å². The quantitative estimate of drug-likeness (QED) is 0.227. The molecule has 0 bridgehead atoms. The minimum absolute atomic E-state index is 0.149. The Labute approximate surface area is 239 Å². The van der Waals surface area contributed by atoms with E-state index in [2.05, 4.69) is 112 Å². The first-order chi connectivity index (χ1) is 18.8. The molecule has 2 N–H and O–H groups in total. The molecule has 5 aromatic rings. The molecule has 0 saturated heterocycles. The smallest absolute Gasteiger partial charge is 0.131 e. The van der Waals surface area contributed by atoms with E-state index in [9.17, 15) is 4.39 Å². The molecule has 39 heavy (non-hydrogen) atoms. The number of hydrogen-bond acceptors (Lipinski definition) is 2. The molecule has 2 aliphatic rings. The normalized spacial score (nSPS) is 19.5. The lowest BCUT2D eigenvalue weighted by Gasteiger charge is -2.35. The molecule has 2 aromatic heterocycles. The van der Waals surface area contributed by atoms with E-state index >= 15 is 0 Å². The van der Waals surface area contributed by atoms with Crippen molar-refractivity contribution in [3.63, 3.8) is 0 Å². The van der Waals surface area contributed by atoms with Gasteiger partial charge in [-0.3, -0.25) is 0 Å². The van der Waals surface area contributed by atoms with Crippen LogP contribution in [0.4, 0.5) is 4.39 Å². The van der Waals surface area contributed by atoms with Gasteiger partial charge in [-0.1, -0.05) is 68.4 Å². The zero-order valence-corrected chi connectivity index (χ0v) is 25.0. The molecule has 6 heteroatoms. The molecule has 4 nitrogen and oxygen atoms in total. The van der Waals surface area contributed by atoms with E-state index in [1.54, 1.807) is 6.07 Å². The summed E-state index contributed by atoms with van der Waals surface area (Å²) in [7, 11) is 5.84. The molecule has 0 amide bonds. The Balaban J connectivity index is 0.000000151. The number of aryl methyl sites for hydroxylation is 1. The Morgan fingerprint density at radius 2 is 1.49 bits per heavy atom. The maximum Gasteiger partial charge on any atom is 0.131 e. The standard InChI is InChI=1S/C18H16FN.C14H17BrN2.CH5N/c1-12-9-10-20-11-16(14-5-2-3-8-17(14)19)15-7-4-6-13(12)18(15)20;1-9-10-5-4-6-11-12(15)7-17(14(10)11)8-13(9)16(2)3;1-2/h2-8,11-12H,9-10H2,1H3;4-7,9,13H,8H2,1-3H3;2H2,1H3. The van der Waals surface area contributed by atoms with E-state index < -0.39 is 0 Å². The molecule has 0 saturated carbocycles. The predicted molar refractivity (Wildman–Crippen MR) is 166 cm³/mol. The van der Waals surface area contributed by atoms with Gasteiger partial charge in [-0.05, 0) is 66.6 Å². The van der Waals surface area contributed by atoms with Gasteiger partial charge in [0.05, 0.1) is 11.0 Å². The summed E-state index contributed by atoms with van der Waals surface area (Å²) in [6, 6.07) is 20.6. The second-order valence-corrected chi connectivity index (χ2v) is 11.7. The summed E-state index contributed by atoms with van der Waals surface area (Å²) in [6.45, 7) is 6.70. The van der Waals surface area contributed by atoms with Crippen molar-refractivity contribution >= 4 is 37.7 Å². The van der Waals surface area contributed by atoms with Gasteiger partial charge in [-0.2, -0.15) is 0 Å². The molecule has 3 atom stereocenters. The van der Waals surface area contributed by atoms with Gasteiger partial charge in [0.15, 0.2) is 0 Å². The zero-order chi connectivity index (χ0) is 27.8. The number of benzene rings is 3. The van der Waals surface area contributed by atoms with Crippen molar-refractivity contribution in [3.8, 4) is 11.1 Å². The second-order valence-electron chi connectivity index (χ2n) is 10.8. The highest BCUT2D eigenvalue weighted by Crippen LogP contribution is 2.40. The molecule has 204 valence electrons. The van der Waals surface area contributed by atoms with Crippen LogP contribution in [0, 0.1) is 5.82 Å². The average Bonchev–Trinajstić information content (AvgIpc) is 3.49. The Morgan fingerprint density at radius 1 is 0.821 bits per heavy atom. The van der Waals surface area contributed by atoms with E-state index in [1.807, 2.05) is 12.1 Å². The number of hydrogen-bond donors (Lipinski definition) is 1. The molecule has 3 unspecified atom stereocenters. The Kier molecular flexibility index (Phi) is 7.99. The lowest BCUT2D eigenvalue weighted by Crippen LogP contribution is -2.39. The molecular formula is C33H38BrFN4. The highest BCUT2D eigenvalue weighted by molar-refractivity contribution is 9.10. The van der Waals surface area contributed by atoms with Crippen molar-refractivity contribution in [2.45, 2.75) is 51.2 Å². The van der Waals surface area contributed by atoms with Crippen LogP contribution in [-0.4, -0.2) is 41.2 Å². The van der Waals surface area contributed by atoms with Crippen molar-refractivity contribution in [1.29, 1.82) is 0 Å². The van der Waals surface area contributed by atoms with Crippen molar-refractivity contribution < 1.29 is 4.39 Å². The molecule has 0 aliphatic carbocycles. The van der Waals surface area contributed by atoms with Gasteiger partial charge in [-0.25, -0.2) is 4.39 Å². The number of para-hydroxylation sites is 2. The molecule has 0 radical (unpaired) electrons. The molecule has 7 rings (SSSR count). The monoisotopic (exact) mass is 588 g/mol. The minimum Gasteiger partial charge on any atom is -0.347 e.